The number of Topliss-reactive ketones (excluding diaryl/α,β-unsaturated/α-hetero) is 1. The molecule has 0 radical (unpaired) electrons. The Kier molecular flexibility index (Phi) is 7.12. The molecule has 0 aliphatic carbocycles. The lowest BCUT2D eigenvalue weighted by Gasteiger charge is -2.02. The number of halogens is 2. The molecule has 29 heavy (non-hydrogen) atoms. The highest BCUT2D eigenvalue weighted by Crippen LogP contribution is 2.32. The fraction of sp³-hybridized carbons (Fsp3) is 0.227. The summed E-state index contributed by atoms with van der Waals surface area (Å²) in [5.74, 6) is -0.879. The SMILES string of the molecule is CCCc1sc(NC(=O)CCC(=O)c2ccc(F)cc2)nc1-c1ccc(Cl)cc1. The number of hydrogen-bond donors (Lipinski definition) is 1. The van der Waals surface area contributed by atoms with Gasteiger partial charge in [0.05, 0.1) is 5.69 Å². The second-order valence-corrected chi connectivity index (χ2v) is 8.05. The highest BCUT2D eigenvalue weighted by Gasteiger charge is 2.15. The van der Waals surface area contributed by atoms with Crippen molar-refractivity contribution in [2.45, 2.75) is 32.6 Å². The van der Waals surface area contributed by atoms with Crippen LogP contribution < -0.4 is 5.32 Å². The van der Waals surface area contributed by atoms with E-state index in [0.717, 1.165) is 29.0 Å². The van der Waals surface area contributed by atoms with E-state index in [1.807, 2.05) is 24.3 Å². The largest absolute Gasteiger partial charge is 0.302 e. The van der Waals surface area contributed by atoms with Gasteiger partial charge in [-0.1, -0.05) is 37.1 Å². The molecule has 0 saturated carbocycles. The van der Waals surface area contributed by atoms with Gasteiger partial charge in [0.1, 0.15) is 5.82 Å². The van der Waals surface area contributed by atoms with Crippen molar-refractivity contribution < 1.29 is 14.0 Å². The molecule has 3 aromatic rings. The van der Waals surface area contributed by atoms with Gasteiger partial charge in [0.2, 0.25) is 5.91 Å². The first-order valence-electron chi connectivity index (χ1n) is 9.30. The average molecular weight is 431 g/mol. The van der Waals surface area contributed by atoms with Gasteiger partial charge in [0, 0.05) is 33.9 Å². The molecule has 3 rings (SSSR count). The zero-order chi connectivity index (χ0) is 20.8. The smallest absolute Gasteiger partial charge is 0.226 e. The number of rotatable bonds is 8. The van der Waals surface area contributed by atoms with Crippen LogP contribution in [-0.4, -0.2) is 16.7 Å². The fourth-order valence-electron chi connectivity index (χ4n) is 2.82. The maximum absolute atomic E-state index is 13.0. The van der Waals surface area contributed by atoms with Crippen LogP contribution in [0, 0.1) is 5.82 Å². The summed E-state index contributed by atoms with van der Waals surface area (Å²) in [5, 5.41) is 3.95. The number of benzene rings is 2. The standard InChI is InChI=1S/C22H20ClFN2O2S/c1-2-3-19-21(15-4-8-16(23)9-5-15)26-22(29-19)25-20(28)13-12-18(27)14-6-10-17(24)11-7-14/h4-11H,2-3,12-13H2,1H3,(H,25,26,28). The summed E-state index contributed by atoms with van der Waals surface area (Å²) in [4.78, 5) is 30.1. The first-order valence-corrected chi connectivity index (χ1v) is 10.5. The van der Waals surface area contributed by atoms with E-state index >= 15 is 0 Å². The van der Waals surface area contributed by atoms with Crippen molar-refractivity contribution in [2.75, 3.05) is 5.32 Å². The van der Waals surface area contributed by atoms with E-state index in [1.54, 1.807) is 0 Å². The van der Waals surface area contributed by atoms with Crippen molar-refractivity contribution in [3.05, 3.63) is 69.8 Å². The molecule has 1 N–H and O–H groups in total. The van der Waals surface area contributed by atoms with Crippen LogP contribution in [0.4, 0.5) is 9.52 Å². The zero-order valence-electron chi connectivity index (χ0n) is 15.9. The summed E-state index contributed by atoms with van der Waals surface area (Å²) in [6, 6.07) is 12.7. The van der Waals surface area contributed by atoms with Crippen molar-refractivity contribution >= 4 is 39.8 Å². The summed E-state index contributed by atoms with van der Waals surface area (Å²) in [6.07, 6.45) is 1.90. The van der Waals surface area contributed by atoms with Gasteiger partial charge >= 0.3 is 0 Å². The molecular formula is C22H20ClFN2O2S. The number of nitrogens with one attached hydrogen (secondary N) is 1. The molecule has 7 heteroatoms. The minimum atomic E-state index is -0.401. The third-order valence-corrected chi connectivity index (χ3v) is 5.57. The highest BCUT2D eigenvalue weighted by atomic mass is 35.5. The molecule has 0 aliphatic heterocycles. The van der Waals surface area contributed by atoms with Crippen LogP contribution in [0.1, 0.15) is 41.4 Å². The van der Waals surface area contributed by atoms with E-state index in [-0.39, 0.29) is 24.5 Å². The Morgan fingerprint density at radius 2 is 1.76 bits per heavy atom. The number of amides is 1. The average Bonchev–Trinajstić information content (AvgIpc) is 3.09. The number of carbonyl (C=O) groups excluding carboxylic acids is 2. The third-order valence-electron chi connectivity index (χ3n) is 4.28. The van der Waals surface area contributed by atoms with Crippen LogP contribution in [0.2, 0.25) is 5.02 Å². The van der Waals surface area contributed by atoms with Gasteiger partial charge in [0.25, 0.3) is 0 Å². The number of thiazole rings is 1. The number of hydrogen-bond acceptors (Lipinski definition) is 4. The van der Waals surface area contributed by atoms with Gasteiger partial charge in [0.15, 0.2) is 10.9 Å². The van der Waals surface area contributed by atoms with Crippen LogP contribution in [0.25, 0.3) is 11.3 Å². The number of nitrogens with zero attached hydrogens (tertiary/aromatic N) is 1. The van der Waals surface area contributed by atoms with Crippen LogP contribution in [0.3, 0.4) is 0 Å². The van der Waals surface area contributed by atoms with E-state index in [4.69, 9.17) is 11.6 Å². The van der Waals surface area contributed by atoms with Crippen molar-refractivity contribution in [2.24, 2.45) is 0 Å². The van der Waals surface area contributed by atoms with Crippen LogP contribution in [0.15, 0.2) is 48.5 Å². The Labute approximate surface area is 177 Å². The lowest BCUT2D eigenvalue weighted by molar-refractivity contribution is -0.116. The zero-order valence-corrected chi connectivity index (χ0v) is 17.4. The maximum Gasteiger partial charge on any atom is 0.226 e. The molecule has 0 bridgehead atoms. The van der Waals surface area contributed by atoms with E-state index in [9.17, 15) is 14.0 Å². The highest BCUT2D eigenvalue weighted by molar-refractivity contribution is 7.16. The molecule has 4 nitrogen and oxygen atoms in total. The molecular weight excluding hydrogens is 411 g/mol. The molecule has 0 unspecified atom stereocenters. The first kappa shape index (κ1) is 21.1. The molecule has 0 saturated heterocycles. The summed E-state index contributed by atoms with van der Waals surface area (Å²) >= 11 is 7.41. The van der Waals surface area contributed by atoms with Gasteiger partial charge in [-0.25, -0.2) is 9.37 Å². The normalized spacial score (nSPS) is 10.7. The monoisotopic (exact) mass is 430 g/mol. The molecule has 0 spiro atoms. The molecule has 1 amide bonds. The Hall–Kier alpha value is -2.57. The van der Waals surface area contributed by atoms with Crippen molar-refractivity contribution in [3.8, 4) is 11.3 Å². The Morgan fingerprint density at radius 1 is 1.07 bits per heavy atom. The molecule has 0 fully saturated rings. The Bertz CT molecular complexity index is 1000. The summed E-state index contributed by atoms with van der Waals surface area (Å²) in [6.45, 7) is 2.09. The second-order valence-electron chi connectivity index (χ2n) is 6.53. The maximum atomic E-state index is 13.0. The molecule has 0 atom stereocenters. The quantitative estimate of drug-likeness (QED) is 0.435. The van der Waals surface area contributed by atoms with Crippen LogP contribution in [-0.2, 0) is 11.2 Å². The fourth-order valence-corrected chi connectivity index (χ4v) is 4.05. The van der Waals surface area contributed by atoms with Crippen molar-refractivity contribution in [1.82, 2.24) is 4.98 Å². The predicted molar refractivity (Wildman–Crippen MR) is 115 cm³/mol. The molecule has 1 heterocycles. The van der Waals surface area contributed by atoms with E-state index in [0.29, 0.717) is 15.7 Å². The number of anilines is 1. The Morgan fingerprint density at radius 3 is 2.41 bits per heavy atom. The molecule has 2 aromatic carbocycles. The summed E-state index contributed by atoms with van der Waals surface area (Å²) in [7, 11) is 0. The lowest BCUT2D eigenvalue weighted by Crippen LogP contribution is -2.13. The minimum Gasteiger partial charge on any atom is -0.302 e. The number of carbonyl (C=O) groups is 2. The van der Waals surface area contributed by atoms with Gasteiger partial charge in [-0.2, -0.15) is 0 Å². The topological polar surface area (TPSA) is 59.1 Å². The Balaban J connectivity index is 1.65. The molecule has 0 aliphatic rings. The van der Waals surface area contributed by atoms with Gasteiger partial charge in [-0.15, -0.1) is 11.3 Å². The lowest BCUT2D eigenvalue weighted by atomic mass is 10.1. The number of aryl methyl sites for hydroxylation is 1. The van der Waals surface area contributed by atoms with Crippen molar-refractivity contribution in [3.63, 3.8) is 0 Å². The van der Waals surface area contributed by atoms with E-state index in [1.165, 1.54) is 35.6 Å². The minimum absolute atomic E-state index is 0.0369. The van der Waals surface area contributed by atoms with Crippen molar-refractivity contribution in [1.29, 1.82) is 0 Å². The van der Waals surface area contributed by atoms with Gasteiger partial charge < -0.3 is 5.32 Å². The predicted octanol–water partition coefficient (Wildman–Crippen LogP) is 6.16. The summed E-state index contributed by atoms with van der Waals surface area (Å²) in [5.41, 5.74) is 2.18. The number of ketones is 1. The van der Waals surface area contributed by atoms with Crippen LogP contribution >= 0.6 is 22.9 Å². The molecule has 1 aromatic heterocycles. The van der Waals surface area contributed by atoms with Gasteiger partial charge in [-0.3, -0.25) is 9.59 Å². The van der Waals surface area contributed by atoms with E-state index in [2.05, 4.69) is 17.2 Å². The third kappa shape index (κ3) is 5.71. The number of aromatic nitrogens is 1. The first-order chi connectivity index (χ1) is 14.0. The molecule has 150 valence electrons. The summed E-state index contributed by atoms with van der Waals surface area (Å²) < 4.78 is 13.0. The van der Waals surface area contributed by atoms with Crippen LogP contribution in [0.5, 0.6) is 0 Å². The second kappa shape index (κ2) is 9.76. The van der Waals surface area contributed by atoms with Gasteiger partial charge in [-0.05, 0) is 42.8 Å². The van der Waals surface area contributed by atoms with E-state index < -0.39 is 5.82 Å².